The standard InChI is InChI=1S/C35H43N5O4S2/c1-25(2)33-38-30(23-45-33)21-40(3)34(42)37-19-31(41)18-28(16-26-10-6-4-7-11-26)14-15-29(17-27-12-8-5-9-13-27)39-35(43)44-22-32-20-36-24-46-32/h4-13,20,23-25,28-29H,14-19,21-22H2,1-3H3,(H,37,42)(H,39,43). The van der Waals surface area contributed by atoms with Crippen molar-refractivity contribution in [2.75, 3.05) is 13.6 Å². The molecule has 0 saturated heterocycles. The van der Waals surface area contributed by atoms with Gasteiger partial charge in [0.2, 0.25) is 0 Å². The van der Waals surface area contributed by atoms with Crippen LogP contribution in [0.1, 0.15) is 65.7 Å². The summed E-state index contributed by atoms with van der Waals surface area (Å²) in [7, 11) is 1.70. The summed E-state index contributed by atoms with van der Waals surface area (Å²) in [6.07, 6.45) is 4.26. The monoisotopic (exact) mass is 661 g/mol. The number of nitrogens with one attached hydrogen (secondary N) is 2. The van der Waals surface area contributed by atoms with Gasteiger partial charge in [0.1, 0.15) is 6.61 Å². The third-order valence-electron chi connectivity index (χ3n) is 7.53. The van der Waals surface area contributed by atoms with Crippen LogP contribution in [0.4, 0.5) is 9.59 Å². The molecule has 4 aromatic rings. The Morgan fingerprint density at radius 3 is 2.26 bits per heavy atom. The summed E-state index contributed by atoms with van der Waals surface area (Å²) in [6.45, 7) is 4.69. The van der Waals surface area contributed by atoms with E-state index in [9.17, 15) is 14.4 Å². The number of hydrogen-bond acceptors (Lipinski definition) is 8. The Kier molecular flexibility index (Phi) is 13.7. The molecule has 0 fully saturated rings. The minimum Gasteiger partial charge on any atom is -0.444 e. The molecular formula is C35H43N5O4S2. The Hall–Kier alpha value is -4.09. The van der Waals surface area contributed by atoms with Gasteiger partial charge in [-0.15, -0.1) is 22.7 Å². The number of urea groups is 1. The molecule has 0 aliphatic heterocycles. The second-order valence-corrected chi connectivity index (χ2v) is 13.7. The number of alkyl carbamates (subject to hydrolysis) is 1. The van der Waals surface area contributed by atoms with Gasteiger partial charge >= 0.3 is 12.1 Å². The predicted molar refractivity (Wildman–Crippen MR) is 183 cm³/mol. The summed E-state index contributed by atoms with van der Waals surface area (Å²) < 4.78 is 5.46. The van der Waals surface area contributed by atoms with Crippen LogP contribution in [0.2, 0.25) is 0 Å². The van der Waals surface area contributed by atoms with Gasteiger partial charge in [-0.3, -0.25) is 9.78 Å². The molecule has 0 aliphatic rings. The molecule has 0 saturated carbocycles. The van der Waals surface area contributed by atoms with Gasteiger partial charge < -0.3 is 20.3 Å². The quantitative estimate of drug-likeness (QED) is 0.126. The molecule has 2 N–H and O–H groups in total. The number of benzene rings is 2. The molecule has 0 spiro atoms. The topological polar surface area (TPSA) is 114 Å². The average molecular weight is 662 g/mol. The number of ketones is 1. The maximum Gasteiger partial charge on any atom is 0.407 e. The van der Waals surface area contributed by atoms with E-state index >= 15 is 0 Å². The van der Waals surface area contributed by atoms with E-state index in [1.165, 1.54) is 11.3 Å². The van der Waals surface area contributed by atoms with Crippen LogP contribution in [0.5, 0.6) is 0 Å². The Morgan fingerprint density at radius 1 is 0.935 bits per heavy atom. The second-order valence-electron chi connectivity index (χ2n) is 11.8. The minimum atomic E-state index is -0.477. The van der Waals surface area contributed by atoms with Gasteiger partial charge in [-0.25, -0.2) is 14.6 Å². The van der Waals surface area contributed by atoms with Gasteiger partial charge in [0, 0.05) is 37.0 Å². The van der Waals surface area contributed by atoms with Crippen molar-refractivity contribution in [2.24, 2.45) is 5.92 Å². The lowest BCUT2D eigenvalue weighted by atomic mass is 9.88. The fourth-order valence-electron chi connectivity index (χ4n) is 5.12. The molecule has 2 heterocycles. The van der Waals surface area contributed by atoms with Crippen molar-refractivity contribution in [3.63, 3.8) is 0 Å². The van der Waals surface area contributed by atoms with Gasteiger partial charge in [0.25, 0.3) is 0 Å². The third-order valence-corrected chi connectivity index (χ3v) is 9.48. The van der Waals surface area contributed by atoms with E-state index in [0.717, 1.165) is 33.1 Å². The highest BCUT2D eigenvalue weighted by atomic mass is 32.1. The van der Waals surface area contributed by atoms with Crippen LogP contribution >= 0.6 is 22.7 Å². The molecule has 0 radical (unpaired) electrons. The highest BCUT2D eigenvalue weighted by molar-refractivity contribution is 7.09. The molecule has 2 aromatic heterocycles. The fraction of sp³-hybridized carbons (Fsp3) is 0.400. The van der Waals surface area contributed by atoms with Crippen LogP contribution in [-0.2, 0) is 35.5 Å². The van der Waals surface area contributed by atoms with Gasteiger partial charge in [-0.05, 0) is 42.7 Å². The Morgan fingerprint density at radius 2 is 1.63 bits per heavy atom. The summed E-state index contributed by atoms with van der Waals surface area (Å²) >= 11 is 3.03. The Labute approximate surface area is 279 Å². The lowest BCUT2D eigenvalue weighted by molar-refractivity contribution is -0.119. The summed E-state index contributed by atoms with van der Waals surface area (Å²) in [4.78, 5) is 49.8. The van der Waals surface area contributed by atoms with Crippen molar-refractivity contribution in [1.29, 1.82) is 0 Å². The van der Waals surface area contributed by atoms with Crippen LogP contribution < -0.4 is 10.6 Å². The Bertz CT molecular complexity index is 1500. The number of amides is 3. The molecule has 2 unspecified atom stereocenters. The number of aromatic nitrogens is 2. The molecule has 2 atom stereocenters. The first-order valence-corrected chi connectivity index (χ1v) is 17.3. The number of nitrogens with zero attached hydrogens (tertiary/aromatic N) is 3. The summed E-state index contributed by atoms with van der Waals surface area (Å²) in [5.74, 6) is 0.337. The molecule has 11 heteroatoms. The van der Waals surface area contributed by atoms with Crippen LogP contribution in [0, 0.1) is 5.92 Å². The van der Waals surface area contributed by atoms with E-state index in [4.69, 9.17) is 4.74 Å². The first-order valence-electron chi connectivity index (χ1n) is 15.6. The highest BCUT2D eigenvalue weighted by Gasteiger charge is 2.21. The van der Waals surface area contributed by atoms with Crippen molar-refractivity contribution in [3.05, 3.63) is 104 Å². The smallest absolute Gasteiger partial charge is 0.407 e. The maximum atomic E-state index is 13.2. The first kappa shape index (κ1) is 34.8. The summed E-state index contributed by atoms with van der Waals surface area (Å²) in [6, 6.07) is 19.6. The molecule has 0 aliphatic carbocycles. The predicted octanol–water partition coefficient (Wildman–Crippen LogP) is 7.00. The van der Waals surface area contributed by atoms with Gasteiger partial charge in [0.15, 0.2) is 5.78 Å². The molecule has 46 heavy (non-hydrogen) atoms. The first-order chi connectivity index (χ1) is 22.2. The van der Waals surface area contributed by atoms with E-state index in [2.05, 4.69) is 46.6 Å². The Balaban J connectivity index is 1.34. The lowest BCUT2D eigenvalue weighted by Gasteiger charge is -2.23. The minimum absolute atomic E-state index is 0.0299. The number of Topliss-reactive ketones (excluding diaryl/α,β-unsaturated/α-hetero) is 1. The third kappa shape index (κ3) is 12.0. The number of carbonyl (C=O) groups excluding carboxylic acids is 3. The number of thiazole rings is 2. The highest BCUT2D eigenvalue weighted by Crippen LogP contribution is 2.22. The maximum absolute atomic E-state index is 13.2. The van der Waals surface area contributed by atoms with E-state index in [-0.39, 0.29) is 36.9 Å². The molecular weight excluding hydrogens is 619 g/mol. The van der Waals surface area contributed by atoms with Crippen molar-refractivity contribution in [1.82, 2.24) is 25.5 Å². The zero-order valence-corrected chi connectivity index (χ0v) is 28.3. The van der Waals surface area contributed by atoms with Crippen molar-refractivity contribution < 1.29 is 19.1 Å². The lowest BCUT2D eigenvalue weighted by Crippen LogP contribution is -2.40. The van der Waals surface area contributed by atoms with E-state index in [1.54, 1.807) is 35.0 Å². The van der Waals surface area contributed by atoms with Crippen LogP contribution in [0.25, 0.3) is 0 Å². The van der Waals surface area contributed by atoms with Crippen LogP contribution in [0.3, 0.4) is 0 Å². The van der Waals surface area contributed by atoms with Crippen LogP contribution in [-0.4, -0.2) is 52.4 Å². The zero-order chi connectivity index (χ0) is 32.7. The molecule has 3 amide bonds. The van der Waals surface area contributed by atoms with E-state index < -0.39 is 6.09 Å². The van der Waals surface area contributed by atoms with Crippen molar-refractivity contribution in [3.8, 4) is 0 Å². The van der Waals surface area contributed by atoms with Crippen molar-refractivity contribution in [2.45, 2.75) is 71.1 Å². The van der Waals surface area contributed by atoms with Crippen molar-refractivity contribution >= 4 is 40.6 Å². The largest absolute Gasteiger partial charge is 0.444 e. The number of hydrogen-bond donors (Lipinski definition) is 2. The van der Waals surface area contributed by atoms with Crippen LogP contribution in [0.15, 0.2) is 77.8 Å². The van der Waals surface area contributed by atoms with E-state index in [0.29, 0.717) is 38.1 Å². The normalized spacial score (nSPS) is 12.3. The molecule has 9 nitrogen and oxygen atoms in total. The number of ether oxygens (including phenoxy) is 1. The number of carbonyl (C=O) groups is 3. The second kappa shape index (κ2) is 18.2. The SMILES string of the molecule is CC(C)c1nc(CN(C)C(=O)NCC(=O)CC(CCC(Cc2ccccc2)NC(=O)OCc2cncs2)Cc2ccccc2)cs1. The summed E-state index contributed by atoms with van der Waals surface area (Å²) in [5.41, 5.74) is 4.80. The van der Waals surface area contributed by atoms with Gasteiger partial charge in [-0.2, -0.15) is 0 Å². The molecule has 244 valence electrons. The van der Waals surface area contributed by atoms with E-state index in [1.807, 2.05) is 53.9 Å². The molecule has 2 aromatic carbocycles. The van der Waals surface area contributed by atoms with Gasteiger partial charge in [-0.1, -0.05) is 74.5 Å². The zero-order valence-electron chi connectivity index (χ0n) is 26.7. The average Bonchev–Trinajstić information content (AvgIpc) is 3.75. The number of rotatable bonds is 17. The molecule has 0 bridgehead atoms. The van der Waals surface area contributed by atoms with Gasteiger partial charge in [0.05, 0.1) is 34.2 Å². The fourth-order valence-corrected chi connectivity index (χ4v) is 6.45. The summed E-state index contributed by atoms with van der Waals surface area (Å²) in [5, 5.41) is 8.85. The molecule has 4 rings (SSSR count).